The molecule has 2 aromatic carbocycles. The lowest BCUT2D eigenvalue weighted by molar-refractivity contribution is 0.0698. The summed E-state index contributed by atoms with van der Waals surface area (Å²) in [6.45, 7) is 0. The molecule has 0 aliphatic heterocycles. The number of anilines is 1. The second-order valence-corrected chi connectivity index (χ2v) is 4.88. The summed E-state index contributed by atoms with van der Waals surface area (Å²) in [4.78, 5) is 11.9. The first-order valence-corrected chi connectivity index (χ1v) is 6.45. The average molecular weight is 259 g/mol. The molecule has 0 aromatic heterocycles. The Kier molecular flexibility index (Phi) is 3.89. The van der Waals surface area contributed by atoms with E-state index >= 15 is 0 Å². The molecule has 0 saturated heterocycles. The number of hydrogen-bond acceptors (Lipinski definition) is 3. The van der Waals surface area contributed by atoms with Gasteiger partial charge in [0.1, 0.15) is 0 Å². The van der Waals surface area contributed by atoms with Gasteiger partial charge < -0.3 is 10.8 Å². The molecule has 18 heavy (non-hydrogen) atoms. The molecule has 92 valence electrons. The Morgan fingerprint density at radius 3 is 2.56 bits per heavy atom. The molecule has 0 atom stereocenters. The number of benzene rings is 2. The lowest BCUT2D eigenvalue weighted by atomic mass is 10.2. The Morgan fingerprint density at radius 1 is 1.17 bits per heavy atom. The highest BCUT2D eigenvalue weighted by Gasteiger charge is 2.08. The zero-order valence-electron chi connectivity index (χ0n) is 9.67. The summed E-state index contributed by atoms with van der Waals surface area (Å²) in [6, 6.07) is 15.1. The van der Waals surface area contributed by atoms with Crippen molar-refractivity contribution in [2.45, 2.75) is 10.6 Å². The molecule has 0 heterocycles. The van der Waals surface area contributed by atoms with E-state index in [0.29, 0.717) is 5.69 Å². The van der Waals surface area contributed by atoms with Crippen molar-refractivity contribution in [1.82, 2.24) is 0 Å². The summed E-state index contributed by atoms with van der Waals surface area (Å²) in [5.41, 5.74) is 7.27. The fraction of sp³-hybridized carbons (Fsp3) is 0.0714. The number of carboxylic acid groups (broad SMARTS) is 1. The van der Waals surface area contributed by atoms with Gasteiger partial charge in [-0.05, 0) is 23.8 Å². The smallest absolute Gasteiger partial charge is 0.337 e. The minimum absolute atomic E-state index is 0.160. The van der Waals surface area contributed by atoms with E-state index in [1.165, 1.54) is 5.56 Å². The van der Waals surface area contributed by atoms with E-state index in [1.54, 1.807) is 23.9 Å². The van der Waals surface area contributed by atoms with Gasteiger partial charge in [0.05, 0.1) is 5.56 Å². The third-order valence-electron chi connectivity index (χ3n) is 2.50. The number of hydrogen-bond donors (Lipinski definition) is 2. The molecule has 0 aliphatic rings. The zero-order chi connectivity index (χ0) is 13.0. The largest absolute Gasteiger partial charge is 0.478 e. The first kappa shape index (κ1) is 12.5. The predicted octanol–water partition coefficient (Wildman–Crippen LogP) is 3.26. The van der Waals surface area contributed by atoms with Gasteiger partial charge in [-0.15, -0.1) is 11.8 Å². The van der Waals surface area contributed by atoms with Crippen LogP contribution in [0.1, 0.15) is 15.9 Å². The van der Waals surface area contributed by atoms with Crippen LogP contribution < -0.4 is 5.73 Å². The normalized spacial score (nSPS) is 10.2. The standard InChI is InChI=1S/C14H13NO2S/c15-13-7-6-11(8-12(13)14(16)17)18-9-10-4-2-1-3-5-10/h1-8H,9,15H2,(H,16,17). The van der Waals surface area contributed by atoms with Crippen LogP contribution >= 0.6 is 11.8 Å². The Morgan fingerprint density at radius 2 is 1.89 bits per heavy atom. The van der Waals surface area contributed by atoms with Gasteiger partial charge in [0, 0.05) is 16.3 Å². The fourth-order valence-corrected chi connectivity index (χ4v) is 2.44. The van der Waals surface area contributed by atoms with Crippen molar-refractivity contribution >= 4 is 23.4 Å². The maximum atomic E-state index is 11.0. The van der Waals surface area contributed by atoms with Crippen LogP contribution in [0.5, 0.6) is 0 Å². The molecule has 3 nitrogen and oxygen atoms in total. The number of carboxylic acids is 1. The van der Waals surface area contributed by atoms with E-state index in [0.717, 1.165) is 10.6 Å². The van der Waals surface area contributed by atoms with Gasteiger partial charge in [0.2, 0.25) is 0 Å². The molecule has 0 saturated carbocycles. The van der Waals surface area contributed by atoms with Crippen LogP contribution in [0, 0.1) is 0 Å². The Hall–Kier alpha value is -1.94. The molecule has 3 N–H and O–H groups in total. The summed E-state index contributed by atoms with van der Waals surface area (Å²) in [5, 5.41) is 8.99. The van der Waals surface area contributed by atoms with E-state index < -0.39 is 5.97 Å². The average Bonchev–Trinajstić information content (AvgIpc) is 2.38. The molecule has 4 heteroatoms. The quantitative estimate of drug-likeness (QED) is 0.653. The lowest BCUT2D eigenvalue weighted by Gasteiger charge is -2.05. The topological polar surface area (TPSA) is 63.3 Å². The molecule has 0 fully saturated rings. The number of carbonyl (C=O) groups is 1. The highest BCUT2D eigenvalue weighted by molar-refractivity contribution is 7.98. The Labute approximate surface area is 110 Å². The van der Waals surface area contributed by atoms with E-state index in [-0.39, 0.29) is 5.56 Å². The van der Waals surface area contributed by atoms with E-state index in [9.17, 15) is 4.79 Å². The maximum Gasteiger partial charge on any atom is 0.337 e. The molecule has 0 unspecified atom stereocenters. The molecule has 0 radical (unpaired) electrons. The molecule has 0 bridgehead atoms. The molecule has 2 aromatic rings. The SMILES string of the molecule is Nc1ccc(SCc2ccccc2)cc1C(=O)O. The summed E-state index contributed by atoms with van der Waals surface area (Å²) < 4.78 is 0. The van der Waals surface area contributed by atoms with Gasteiger partial charge >= 0.3 is 5.97 Å². The molecule has 0 amide bonds. The van der Waals surface area contributed by atoms with Gasteiger partial charge in [-0.2, -0.15) is 0 Å². The monoisotopic (exact) mass is 259 g/mol. The minimum Gasteiger partial charge on any atom is -0.478 e. The van der Waals surface area contributed by atoms with Crippen LogP contribution in [0.2, 0.25) is 0 Å². The van der Waals surface area contributed by atoms with Crippen molar-refractivity contribution in [2.24, 2.45) is 0 Å². The van der Waals surface area contributed by atoms with Crippen LogP contribution in [-0.2, 0) is 5.75 Å². The van der Waals surface area contributed by atoms with Crippen LogP contribution in [-0.4, -0.2) is 11.1 Å². The number of aromatic carboxylic acids is 1. The van der Waals surface area contributed by atoms with Crippen molar-refractivity contribution in [1.29, 1.82) is 0 Å². The highest BCUT2D eigenvalue weighted by atomic mass is 32.2. The first-order chi connectivity index (χ1) is 8.66. The van der Waals surface area contributed by atoms with E-state index in [4.69, 9.17) is 10.8 Å². The van der Waals surface area contributed by atoms with Crippen LogP contribution in [0.15, 0.2) is 53.4 Å². The lowest BCUT2D eigenvalue weighted by Crippen LogP contribution is -2.02. The van der Waals surface area contributed by atoms with Gasteiger partial charge in [-0.25, -0.2) is 4.79 Å². The zero-order valence-corrected chi connectivity index (χ0v) is 10.5. The minimum atomic E-state index is -0.991. The summed E-state index contributed by atoms with van der Waals surface area (Å²) >= 11 is 1.59. The van der Waals surface area contributed by atoms with Crippen LogP contribution in [0.4, 0.5) is 5.69 Å². The van der Waals surface area contributed by atoms with Crippen molar-refractivity contribution in [3.63, 3.8) is 0 Å². The number of thioether (sulfide) groups is 1. The molecular formula is C14H13NO2S. The number of nitrogen functional groups attached to an aromatic ring is 1. The number of rotatable bonds is 4. The molecule has 2 rings (SSSR count). The Bertz CT molecular complexity index is 555. The van der Waals surface area contributed by atoms with Gasteiger partial charge in [-0.1, -0.05) is 30.3 Å². The highest BCUT2D eigenvalue weighted by Crippen LogP contribution is 2.26. The maximum absolute atomic E-state index is 11.0. The molecule has 0 aliphatic carbocycles. The number of nitrogens with two attached hydrogens (primary N) is 1. The predicted molar refractivity (Wildman–Crippen MR) is 73.8 cm³/mol. The second-order valence-electron chi connectivity index (χ2n) is 3.83. The summed E-state index contributed by atoms with van der Waals surface area (Å²) in [6.07, 6.45) is 0. The van der Waals surface area contributed by atoms with Crippen molar-refractivity contribution in [3.05, 3.63) is 59.7 Å². The Balaban J connectivity index is 2.11. The van der Waals surface area contributed by atoms with Gasteiger partial charge in [0.15, 0.2) is 0 Å². The summed E-state index contributed by atoms with van der Waals surface area (Å²) in [7, 11) is 0. The van der Waals surface area contributed by atoms with E-state index in [1.807, 2.05) is 36.4 Å². The first-order valence-electron chi connectivity index (χ1n) is 5.46. The summed E-state index contributed by atoms with van der Waals surface area (Å²) in [5.74, 6) is -0.182. The van der Waals surface area contributed by atoms with Crippen molar-refractivity contribution in [2.75, 3.05) is 5.73 Å². The fourth-order valence-electron chi connectivity index (χ4n) is 1.55. The second kappa shape index (κ2) is 5.60. The van der Waals surface area contributed by atoms with Crippen molar-refractivity contribution in [3.8, 4) is 0 Å². The molecule has 0 spiro atoms. The third kappa shape index (κ3) is 3.05. The van der Waals surface area contributed by atoms with Gasteiger partial charge in [-0.3, -0.25) is 0 Å². The van der Waals surface area contributed by atoms with Crippen LogP contribution in [0.25, 0.3) is 0 Å². The molecular weight excluding hydrogens is 246 g/mol. The van der Waals surface area contributed by atoms with Crippen LogP contribution in [0.3, 0.4) is 0 Å². The van der Waals surface area contributed by atoms with E-state index in [2.05, 4.69) is 0 Å². The third-order valence-corrected chi connectivity index (χ3v) is 3.57. The van der Waals surface area contributed by atoms with Crippen molar-refractivity contribution < 1.29 is 9.90 Å². The van der Waals surface area contributed by atoms with Gasteiger partial charge in [0.25, 0.3) is 0 Å².